The molecule has 4 N–H and O–H groups in total. The molecule has 0 aliphatic rings. The zero-order valence-corrected chi connectivity index (χ0v) is 12.0. The molecule has 0 aromatic rings. The van der Waals surface area contributed by atoms with Crippen molar-refractivity contribution in [2.24, 2.45) is 0 Å². The lowest BCUT2D eigenvalue weighted by Crippen LogP contribution is -2.17. The molecule has 0 saturated heterocycles. The molecule has 8 heteroatoms. The summed E-state index contributed by atoms with van der Waals surface area (Å²) in [4.78, 5) is 39.0. The Kier molecular flexibility index (Phi) is 15.0. The van der Waals surface area contributed by atoms with Gasteiger partial charge in [0.25, 0.3) is 0 Å². The van der Waals surface area contributed by atoms with Crippen molar-refractivity contribution >= 4 is 23.8 Å². The van der Waals surface area contributed by atoms with Gasteiger partial charge in [-0.3, -0.25) is 4.79 Å². The molecule has 1 amide bonds. The van der Waals surface area contributed by atoms with Crippen molar-refractivity contribution < 1.29 is 34.5 Å². The minimum Gasteiger partial charge on any atom is -0.478 e. The Bertz CT molecular complexity index is 421. The number of carbonyl (C=O) groups excluding carboxylic acids is 1. The molecule has 0 heterocycles. The first-order valence-electron chi connectivity index (χ1n) is 5.36. The maximum atomic E-state index is 10.3. The fourth-order valence-electron chi connectivity index (χ4n) is 0.356. The van der Waals surface area contributed by atoms with Gasteiger partial charge in [0.1, 0.15) is 0 Å². The molecular formula is C13H19NO7. The van der Waals surface area contributed by atoms with E-state index in [2.05, 4.69) is 18.5 Å². The number of rotatable bonds is 4. The summed E-state index contributed by atoms with van der Waals surface area (Å²) in [6.45, 7) is 9.68. The molecule has 0 rings (SSSR count). The van der Waals surface area contributed by atoms with Crippen LogP contribution >= 0.6 is 0 Å². The third kappa shape index (κ3) is 26.6. The molecular weight excluding hydrogens is 282 g/mol. The molecule has 0 aromatic carbocycles. The Hall–Kier alpha value is -2.90. The highest BCUT2D eigenvalue weighted by atomic mass is 16.4. The molecule has 0 aliphatic carbocycles. The van der Waals surface area contributed by atoms with Gasteiger partial charge < -0.3 is 20.6 Å². The van der Waals surface area contributed by atoms with Crippen molar-refractivity contribution in [1.82, 2.24) is 5.32 Å². The zero-order chi connectivity index (χ0) is 17.6. The van der Waals surface area contributed by atoms with Crippen LogP contribution in [0.25, 0.3) is 0 Å². The molecule has 0 radical (unpaired) electrons. The van der Waals surface area contributed by atoms with Crippen molar-refractivity contribution in [2.75, 3.05) is 7.05 Å². The predicted octanol–water partition coefficient (Wildman–Crippen LogP) is 0.667. The van der Waals surface area contributed by atoms with Crippen LogP contribution < -0.4 is 5.32 Å². The monoisotopic (exact) mass is 301 g/mol. The van der Waals surface area contributed by atoms with Crippen LogP contribution in [0.15, 0.2) is 36.5 Å². The van der Waals surface area contributed by atoms with Crippen molar-refractivity contribution in [3.05, 3.63) is 36.5 Å². The van der Waals surface area contributed by atoms with E-state index >= 15 is 0 Å². The largest absolute Gasteiger partial charge is 0.478 e. The third-order valence-electron chi connectivity index (χ3n) is 1.35. The first kappa shape index (κ1) is 23.2. The number of aliphatic carboxylic acids is 3. The Morgan fingerprint density at radius 2 is 1.14 bits per heavy atom. The van der Waals surface area contributed by atoms with E-state index < -0.39 is 17.9 Å². The summed E-state index contributed by atoms with van der Waals surface area (Å²) in [5.41, 5.74) is 0.720. The van der Waals surface area contributed by atoms with Gasteiger partial charge >= 0.3 is 17.9 Å². The van der Waals surface area contributed by atoms with Crippen LogP contribution in [-0.4, -0.2) is 46.2 Å². The molecule has 0 bridgehead atoms. The van der Waals surface area contributed by atoms with Gasteiger partial charge in [-0.05, 0) is 13.8 Å². The van der Waals surface area contributed by atoms with E-state index in [0.29, 0.717) is 17.7 Å². The number of carboxylic acid groups (broad SMARTS) is 3. The number of carbonyl (C=O) groups is 4. The van der Waals surface area contributed by atoms with Gasteiger partial charge in [-0.1, -0.05) is 13.2 Å². The summed E-state index contributed by atoms with van der Waals surface area (Å²) >= 11 is 0. The van der Waals surface area contributed by atoms with E-state index in [9.17, 15) is 19.2 Å². The van der Waals surface area contributed by atoms with E-state index in [4.69, 9.17) is 15.3 Å². The second-order valence-corrected chi connectivity index (χ2v) is 3.45. The highest BCUT2D eigenvalue weighted by Gasteiger charge is 1.92. The molecule has 118 valence electrons. The SMILES string of the molecule is C=C(C)C(=O)NC.C=C(C)C(=O)O.O=C(O)C=CC(=O)O. The first-order chi connectivity index (χ1) is 9.45. The van der Waals surface area contributed by atoms with E-state index in [1.54, 1.807) is 14.0 Å². The second kappa shape index (κ2) is 13.5. The lowest BCUT2D eigenvalue weighted by molar-refractivity contribution is -0.134. The van der Waals surface area contributed by atoms with Crippen LogP contribution in [0.4, 0.5) is 0 Å². The predicted molar refractivity (Wildman–Crippen MR) is 75.7 cm³/mol. The van der Waals surface area contributed by atoms with Crippen LogP contribution in [0.3, 0.4) is 0 Å². The quantitative estimate of drug-likeness (QED) is 0.559. The molecule has 0 spiro atoms. The number of hydrogen-bond acceptors (Lipinski definition) is 4. The molecule has 0 saturated carbocycles. The maximum absolute atomic E-state index is 10.3. The number of nitrogens with one attached hydrogen (secondary N) is 1. The highest BCUT2D eigenvalue weighted by molar-refractivity contribution is 5.91. The molecule has 21 heavy (non-hydrogen) atoms. The van der Waals surface area contributed by atoms with Crippen molar-refractivity contribution in [3.8, 4) is 0 Å². The van der Waals surface area contributed by atoms with Crippen molar-refractivity contribution in [2.45, 2.75) is 13.8 Å². The Morgan fingerprint density at radius 1 is 0.857 bits per heavy atom. The summed E-state index contributed by atoms with van der Waals surface area (Å²) in [5.74, 6) is -3.55. The fraction of sp³-hybridized carbons (Fsp3) is 0.231. The van der Waals surface area contributed by atoms with E-state index in [0.717, 1.165) is 0 Å². The molecule has 0 fully saturated rings. The standard InChI is InChI=1S/C5H9NO.C4H4O4.C4H6O2/c1-4(2)5(7)6-3;5-3(6)1-2-4(7)8;1-3(2)4(5)6/h1H2,2-3H3,(H,6,7);1-2H,(H,5,6)(H,7,8);1H2,2H3,(H,5,6). The Balaban J connectivity index is -0.000000234. The molecule has 0 unspecified atom stereocenters. The van der Waals surface area contributed by atoms with Gasteiger partial charge in [0.2, 0.25) is 5.91 Å². The molecule has 8 nitrogen and oxygen atoms in total. The first-order valence-corrected chi connectivity index (χ1v) is 5.36. The van der Waals surface area contributed by atoms with Gasteiger partial charge in [-0.15, -0.1) is 0 Å². The summed E-state index contributed by atoms with van der Waals surface area (Å²) in [5, 5.41) is 25.9. The van der Waals surface area contributed by atoms with Gasteiger partial charge in [0.15, 0.2) is 0 Å². The topological polar surface area (TPSA) is 141 Å². The van der Waals surface area contributed by atoms with Crippen LogP contribution in [0, 0.1) is 0 Å². The molecule has 0 aliphatic heterocycles. The van der Waals surface area contributed by atoms with Gasteiger partial charge in [0.05, 0.1) is 0 Å². The van der Waals surface area contributed by atoms with Crippen LogP contribution in [0.1, 0.15) is 13.8 Å². The second-order valence-electron chi connectivity index (χ2n) is 3.45. The number of likely N-dealkylation sites (N-methyl/N-ethyl adjacent to an activating group) is 1. The van der Waals surface area contributed by atoms with Crippen LogP contribution in [0.2, 0.25) is 0 Å². The van der Waals surface area contributed by atoms with E-state index in [1.807, 2.05) is 0 Å². The summed E-state index contributed by atoms with van der Waals surface area (Å²) in [6, 6.07) is 0. The van der Waals surface area contributed by atoms with E-state index in [-0.39, 0.29) is 11.5 Å². The smallest absolute Gasteiger partial charge is 0.330 e. The summed E-state index contributed by atoms with van der Waals surface area (Å²) in [6.07, 6.45) is 1.12. The number of carboxylic acids is 3. The average Bonchev–Trinajstić information content (AvgIpc) is 2.36. The molecule has 0 atom stereocenters. The fourth-order valence-corrected chi connectivity index (χ4v) is 0.356. The summed E-state index contributed by atoms with van der Waals surface area (Å²) < 4.78 is 0. The summed E-state index contributed by atoms with van der Waals surface area (Å²) in [7, 11) is 1.58. The van der Waals surface area contributed by atoms with Crippen molar-refractivity contribution in [3.63, 3.8) is 0 Å². The van der Waals surface area contributed by atoms with Gasteiger partial charge in [-0.25, -0.2) is 14.4 Å². The molecule has 0 aromatic heterocycles. The normalized spacial score (nSPS) is 8.33. The average molecular weight is 301 g/mol. The lowest BCUT2D eigenvalue weighted by atomic mass is 10.3. The lowest BCUT2D eigenvalue weighted by Gasteiger charge is -1.91. The third-order valence-corrected chi connectivity index (χ3v) is 1.35. The number of hydrogen-bond donors (Lipinski definition) is 4. The van der Waals surface area contributed by atoms with E-state index in [1.165, 1.54) is 6.92 Å². The van der Waals surface area contributed by atoms with Crippen LogP contribution in [-0.2, 0) is 19.2 Å². The van der Waals surface area contributed by atoms with Gasteiger partial charge in [0, 0.05) is 30.3 Å². The Morgan fingerprint density at radius 3 is 1.19 bits per heavy atom. The highest BCUT2D eigenvalue weighted by Crippen LogP contribution is 1.81. The Labute approximate surface area is 122 Å². The minimum absolute atomic E-state index is 0.0972. The number of amides is 1. The van der Waals surface area contributed by atoms with Gasteiger partial charge in [-0.2, -0.15) is 0 Å². The van der Waals surface area contributed by atoms with Crippen molar-refractivity contribution in [1.29, 1.82) is 0 Å². The maximum Gasteiger partial charge on any atom is 0.330 e. The zero-order valence-electron chi connectivity index (χ0n) is 12.0. The minimum atomic E-state index is -1.26. The van der Waals surface area contributed by atoms with Crippen LogP contribution in [0.5, 0.6) is 0 Å².